The second kappa shape index (κ2) is 70.4. The Hall–Kier alpha value is -9.29. The van der Waals surface area contributed by atoms with Gasteiger partial charge < -0.3 is 131 Å². The number of nitrogens with one attached hydrogen (secondary N) is 15. The molecule has 794 valence electrons. The van der Waals surface area contributed by atoms with Gasteiger partial charge in [0.25, 0.3) is 0 Å². The van der Waals surface area contributed by atoms with E-state index in [1.807, 2.05) is 111 Å². The summed E-state index contributed by atoms with van der Waals surface area (Å²) in [5.74, 6) is -13.2. The lowest BCUT2D eigenvalue weighted by atomic mass is 9.98. The van der Waals surface area contributed by atoms with Gasteiger partial charge in [0.1, 0.15) is 96.7 Å². The first-order valence-electron chi connectivity index (χ1n) is 51.1. The maximum absolute atomic E-state index is 15.2. The van der Waals surface area contributed by atoms with Crippen LogP contribution < -0.4 is 126 Å². The SMILES string of the molecule is CC(=O)N[C@@H](CC(C)C)C(=O)N[C@@H](CCCCN)C(=O)N[C@@H](CCCCN)C(=O)N[C@@H](CC(C)C)C(=O)N[C@@H](CC(C)C)C(=O)N[C@@H](CCCCN)C(=O)N[C@@H](CC(C)C)C(=O)N[C@@H](CC(C)C)C(=O)N[C@@H](CCCCN)C(=O)N[C@@H](CCCCN)C(=O)N1CCC[C@H]1C(=O)N[C@@H](CC(C)C)C(=O)N[C@@H](CCCCN)C(=O)N[C@@H](CC(C)C)C(=O)N[C@@H](CC(C)C)C(=O)N[C@@H](CCCCN)C(N)=O. The van der Waals surface area contributed by atoms with Crippen LogP contribution in [0, 0.1) is 47.3 Å². The smallest absolute Gasteiger partial charge is 0.245 e. The maximum atomic E-state index is 15.2. The van der Waals surface area contributed by atoms with E-state index in [1.54, 1.807) is 0 Å². The third kappa shape index (κ3) is 52.3. The molecule has 0 aromatic carbocycles. The molecule has 0 radical (unpaired) electrons. The summed E-state index contributed by atoms with van der Waals surface area (Å²) in [5.41, 5.74) is 46.9. The zero-order chi connectivity index (χ0) is 104. The molecule has 1 aliphatic heterocycles. The molecule has 0 unspecified atom stereocenters. The predicted octanol–water partition coefficient (Wildman–Crippen LogP) is 1.03. The second-order valence-corrected chi connectivity index (χ2v) is 40.7. The molecular weight excluding hydrogens is 1770 g/mol. The van der Waals surface area contributed by atoms with Gasteiger partial charge in [-0.2, -0.15) is 0 Å². The van der Waals surface area contributed by atoms with Crippen molar-refractivity contribution in [3.63, 3.8) is 0 Å². The number of carbonyl (C=O) groups excluding carboxylic acids is 17. The summed E-state index contributed by atoms with van der Waals surface area (Å²) in [5, 5.41) is 42.3. The summed E-state index contributed by atoms with van der Waals surface area (Å²) in [6, 6.07) is -19.4. The predicted molar refractivity (Wildman–Crippen MR) is 535 cm³/mol. The van der Waals surface area contributed by atoms with E-state index in [-0.39, 0.29) is 189 Å². The lowest BCUT2D eigenvalue weighted by Gasteiger charge is -2.32. The normalized spacial score (nSPS) is 16.0. The van der Waals surface area contributed by atoms with Crippen molar-refractivity contribution in [3.05, 3.63) is 0 Å². The summed E-state index contributed by atoms with van der Waals surface area (Å²) in [4.78, 5) is 246. The van der Waals surface area contributed by atoms with Gasteiger partial charge in [0.05, 0.1) is 0 Å². The Morgan fingerprint density at radius 3 is 0.594 bits per heavy atom. The lowest BCUT2D eigenvalue weighted by Crippen LogP contribution is -2.61. The molecule has 0 bridgehead atoms. The zero-order valence-electron chi connectivity index (χ0n) is 86.4. The summed E-state index contributed by atoms with van der Waals surface area (Å²) >= 11 is 0. The van der Waals surface area contributed by atoms with Crippen LogP contribution in [0.15, 0.2) is 0 Å². The fourth-order valence-corrected chi connectivity index (χ4v) is 16.5. The fourth-order valence-electron chi connectivity index (χ4n) is 16.5. The van der Waals surface area contributed by atoms with Crippen molar-refractivity contribution in [2.45, 2.75) is 413 Å². The molecule has 1 aliphatic rings. The van der Waals surface area contributed by atoms with E-state index in [0.29, 0.717) is 109 Å². The van der Waals surface area contributed by atoms with E-state index in [2.05, 4.69) is 79.8 Å². The van der Waals surface area contributed by atoms with E-state index in [9.17, 15) is 67.1 Å². The van der Waals surface area contributed by atoms with Crippen LogP contribution in [0.3, 0.4) is 0 Å². The average Bonchev–Trinajstić information content (AvgIpc) is 1.59. The van der Waals surface area contributed by atoms with Gasteiger partial charge in [-0.05, 0) is 292 Å². The molecule has 1 saturated heterocycles. The van der Waals surface area contributed by atoms with Gasteiger partial charge in [-0.1, -0.05) is 111 Å². The van der Waals surface area contributed by atoms with Crippen LogP contribution in [0.4, 0.5) is 0 Å². The standard InChI is InChI=1S/C97H184N24O17/c1-57(2)49-73(106-65(17)122)88(129)109-67(34-19-26-42-99)83(124)108-69(36-21-28-44-101)85(126)114-78(54-62(11)12)94(135)119-76(52-60(7)8)91(132)111-70(37-22-29-45-102)86(127)116-79(55-63(13)14)95(136)118-75(51-59(5)6)90(131)110-68(35-20-27-43-100)84(125)113-72(39-24-31-47-104)97(138)121-48-32-40-81(121)96(137)120-80(56-64(15)16)92(133)112-71(38-23-30-46-103)87(128)115-77(53-61(9)10)93(134)117-74(50-58(3)4)89(130)107-66(82(105)123)33-18-25-41-98/h57-64,66-81H,18-56,98-104H2,1-17H3,(H2,105,123)(H,106,122)(H,107,130)(H,108,124)(H,109,129)(H,110,131)(H,111,132)(H,112,133)(H,113,125)(H,114,126)(H,115,128)(H,116,127)(H,117,134)(H,118,136)(H,119,135)(H,120,137)/t66-,67-,68-,69-,70-,71-,72-,73-,74-,75-,76-,77-,78-,79-,80-,81-/m0/s1. The van der Waals surface area contributed by atoms with Crippen molar-refractivity contribution < 1.29 is 81.5 Å². The van der Waals surface area contributed by atoms with E-state index in [1.165, 1.54) is 11.8 Å². The maximum Gasteiger partial charge on any atom is 0.245 e. The van der Waals surface area contributed by atoms with Crippen molar-refractivity contribution in [1.29, 1.82) is 0 Å². The van der Waals surface area contributed by atoms with E-state index >= 15 is 14.4 Å². The van der Waals surface area contributed by atoms with Crippen LogP contribution in [0.5, 0.6) is 0 Å². The van der Waals surface area contributed by atoms with Crippen molar-refractivity contribution in [1.82, 2.24) is 84.7 Å². The number of hydrogen-bond acceptors (Lipinski definition) is 24. The van der Waals surface area contributed by atoms with Gasteiger partial charge in [0, 0.05) is 13.5 Å². The molecule has 0 aromatic rings. The number of likely N-dealkylation sites (tertiary alicyclic amines) is 1. The van der Waals surface area contributed by atoms with Gasteiger partial charge >= 0.3 is 0 Å². The van der Waals surface area contributed by atoms with Crippen molar-refractivity contribution in [2.75, 3.05) is 52.4 Å². The van der Waals surface area contributed by atoms with Crippen LogP contribution >= 0.6 is 0 Å². The van der Waals surface area contributed by atoms with Gasteiger partial charge in [-0.3, -0.25) is 81.5 Å². The molecule has 31 N–H and O–H groups in total. The van der Waals surface area contributed by atoms with Gasteiger partial charge in [0.15, 0.2) is 0 Å². The van der Waals surface area contributed by atoms with Gasteiger partial charge in [-0.25, -0.2) is 0 Å². The van der Waals surface area contributed by atoms with Crippen molar-refractivity contribution >= 4 is 100 Å². The largest absolute Gasteiger partial charge is 0.368 e. The number of rotatable bonds is 75. The second-order valence-electron chi connectivity index (χ2n) is 40.7. The number of carbonyl (C=O) groups is 17. The Labute approximate surface area is 821 Å². The monoisotopic (exact) mass is 1960 g/mol. The molecule has 138 heavy (non-hydrogen) atoms. The molecule has 0 aliphatic carbocycles. The molecule has 0 spiro atoms. The topological polar surface area (TPSA) is 682 Å². The number of unbranched alkanes of at least 4 members (excludes halogenated alkanes) is 7. The summed E-state index contributed by atoms with van der Waals surface area (Å²) in [6.45, 7) is 32.8. The molecule has 0 saturated carbocycles. The minimum Gasteiger partial charge on any atom is -0.368 e. The average molecular weight is 1960 g/mol. The van der Waals surface area contributed by atoms with Crippen LogP contribution in [0.2, 0.25) is 0 Å². The van der Waals surface area contributed by atoms with Gasteiger partial charge in [-0.15, -0.1) is 0 Å². The molecule has 1 heterocycles. The van der Waals surface area contributed by atoms with Crippen LogP contribution in [0.1, 0.15) is 317 Å². The van der Waals surface area contributed by atoms with E-state index in [0.717, 1.165) is 0 Å². The Bertz CT molecular complexity index is 3700. The minimum atomic E-state index is -1.32. The molecule has 41 nitrogen and oxygen atoms in total. The number of amides is 17. The molecule has 41 heteroatoms. The Morgan fingerprint density at radius 1 is 0.232 bits per heavy atom. The van der Waals surface area contributed by atoms with Crippen molar-refractivity contribution in [2.24, 2.45) is 93.2 Å². The highest BCUT2D eigenvalue weighted by Gasteiger charge is 2.43. The third-order valence-corrected chi connectivity index (χ3v) is 23.7. The molecule has 1 fully saturated rings. The summed E-state index contributed by atoms with van der Waals surface area (Å²) in [7, 11) is 0. The Balaban J connectivity index is 3.81. The van der Waals surface area contributed by atoms with E-state index < -0.39 is 197 Å². The lowest BCUT2D eigenvalue weighted by molar-refractivity contribution is -0.143. The Kier molecular flexibility index (Phi) is 64.6. The highest BCUT2D eigenvalue weighted by atomic mass is 16.2. The number of hydrogen-bond donors (Lipinski definition) is 23. The highest BCUT2D eigenvalue weighted by molar-refractivity contribution is 6.01. The first kappa shape index (κ1) is 127. The first-order chi connectivity index (χ1) is 65.1. The van der Waals surface area contributed by atoms with E-state index in [4.69, 9.17) is 45.9 Å². The molecular formula is C97H184N24O17. The first-order valence-corrected chi connectivity index (χ1v) is 51.1. The zero-order valence-corrected chi connectivity index (χ0v) is 86.4. The number of primary amides is 1. The molecule has 1 rings (SSSR count). The summed E-state index contributed by atoms with van der Waals surface area (Å²) in [6.07, 6.45) is 8.16. The van der Waals surface area contributed by atoms with Gasteiger partial charge in [0.2, 0.25) is 100 Å². The highest BCUT2D eigenvalue weighted by Crippen LogP contribution is 2.24. The number of nitrogens with zero attached hydrogens (tertiary/aromatic N) is 1. The minimum absolute atomic E-state index is 0.00170. The quantitative estimate of drug-likeness (QED) is 0.0378. The molecule has 16 atom stereocenters. The molecule has 17 amide bonds. The fraction of sp³-hybridized carbons (Fsp3) is 0.825. The molecule has 0 aromatic heterocycles. The summed E-state index contributed by atoms with van der Waals surface area (Å²) < 4.78 is 0. The van der Waals surface area contributed by atoms with Crippen LogP contribution in [-0.2, 0) is 81.5 Å². The van der Waals surface area contributed by atoms with Crippen LogP contribution in [0.25, 0.3) is 0 Å². The Morgan fingerprint density at radius 2 is 0.399 bits per heavy atom. The number of nitrogens with two attached hydrogens (primary N) is 8. The van der Waals surface area contributed by atoms with Crippen molar-refractivity contribution in [3.8, 4) is 0 Å². The third-order valence-electron chi connectivity index (χ3n) is 23.7. The van der Waals surface area contributed by atoms with Crippen LogP contribution in [-0.4, -0.2) is 254 Å².